The van der Waals surface area contributed by atoms with Gasteiger partial charge in [0.15, 0.2) is 6.61 Å². The van der Waals surface area contributed by atoms with Crippen molar-refractivity contribution in [2.24, 2.45) is 5.92 Å². The molecule has 1 aromatic rings. The third-order valence-corrected chi connectivity index (χ3v) is 3.62. The predicted molar refractivity (Wildman–Crippen MR) is 81.1 cm³/mol. The van der Waals surface area contributed by atoms with Crippen LogP contribution in [0.3, 0.4) is 0 Å². The number of nitrogens with zero attached hydrogens (tertiary/aromatic N) is 1. The topological polar surface area (TPSA) is 84.7 Å². The van der Waals surface area contributed by atoms with Gasteiger partial charge >= 0.3 is 0 Å². The molecule has 0 saturated carbocycles. The van der Waals surface area contributed by atoms with Crippen molar-refractivity contribution >= 4 is 23.2 Å². The summed E-state index contributed by atoms with van der Waals surface area (Å²) >= 11 is 0. The Hall–Kier alpha value is -2.24. The first kappa shape index (κ1) is 15.2. The highest BCUT2D eigenvalue weighted by atomic mass is 16.5. The molecule has 0 radical (unpaired) electrons. The maximum Gasteiger partial charge on any atom is 0.265 e. The molecular weight excluding hydrogens is 270 g/mol. The number of nitrogens with one attached hydrogen (secondary N) is 1. The van der Waals surface area contributed by atoms with Crippen molar-refractivity contribution < 1.29 is 14.3 Å². The van der Waals surface area contributed by atoms with Crippen LogP contribution in [0, 0.1) is 5.92 Å². The predicted octanol–water partition coefficient (Wildman–Crippen LogP) is 1.15. The lowest BCUT2D eigenvalue weighted by atomic mass is 10.1. The Morgan fingerprint density at radius 2 is 2.14 bits per heavy atom. The minimum Gasteiger partial charge on any atom is -0.482 e. The minimum atomic E-state index is -0.250. The van der Waals surface area contributed by atoms with Crippen molar-refractivity contribution in [1.82, 2.24) is 5.32 Å². The molecule has 0 fully saturated rings. The van der Waals surface area contributed by atoms with Crippen molar-refractivity contribution in [3.63, 3.8) is 0 Å². The Labute approximate surface area is 124 Å². The number of ether oxygens (including phenoxy) is 1. The zero-order valence-electron chi connectivity index (χ0n) is 12.6. The highest BCUT2D eigenvalue weighted by Gasteiger charge is 2.27. The Bertz CT molecular complexity index is 557. The van der Waals surface area contributed by atoms with Crippen LogP contribution in [0.5, 0.6) is 5.75 Å². The standard InChI is InChI=1S/C15H21N3O3/c1-9(2)10(3)17-14(19)7-18-12-6-11(16)4-5-13(12)21-8-15(18)20/h4-6,9-10H,7-8,16H2,1-3H3,(H,17,19). The smallest absolute Gasteiger partial charge is 0.265 e. The van der Waals surface area contributed by atoms with E-state index in [9.17, 15) is 9.59 Å². The van der Waals surface area contributed by atoms with Crippen LogP contribution in [-0.2, 0) is 9.59 Å². The number of rotatable bonds is 4. The third-order valence-electron chi connectivity index (χ3n) is 3.62. The molecule has 0 spiro atoms. The van der Waals surface area contributed by atoms with Gasteiger partial charge in [0.2, 0.25) is 5.91 Å². The van der Waals surface area contributed by atoms with Crippen LogP contribution in [-0.4, -0.2) is 31.0 Å². The van der Waals surface area contributed by atoms with Crippen LogP contribution in [0.1, 0.15) is 20.8 Å². The molecule has 6 heteroatoms. The molecule has 21 heavy (non-hydrogen) atoms. The van der Waals surface area contributed by atoms with Gasteiger partial charge in [0.05, 0.1) is 5.69 Å². The molecule has 0 bridgehead atoms. The lowest BCUT2D eigenvalue weighted by molar-refractivity contribution is -0.125. The normalized spacial score (nSPS) is 15.4. The van der Waals surface area contributed by atoms with Crippen molar-refractivity contribution in [2.75, 3.05) is 23.8 Å². The molecule has 1 aliphatic heterocycles. The highest BCUT2D eigenvalue weighted by Crippen LogP contribution is 2.33. The van der Waals surface area contributed by atoms with E-state index in [0.717, 1.165) is 0 Å². The van der Waals surface area contributed by atoms with Crippen LogP contribution in [0.25, 0.3) is 0 Å². The summed E-state index contributed by atoms with van der Waals surface area (Å²) in [5.74, 6) is 0.450. The molecule has 2 rings (SSSR count). The summed E-state index contributed by atoms with van der Waals surface area (Å²) in [7, 11) is 0. The second kappa shape index (κ2) is 6.03. The first-order valence-corrected chi connectivity index (χ1v) is 7.00. The van der Waals surface area contributed by atoms with Crippen LogP contribution < -0.4 is 20.7 Å². The second-order valence-corrected chi connectivity index (χ2v) is 5.60. The number of benzene rings is 1. The molecule has 1 aromatic carbocycles. The van der Waals surface area contributed by atoms with Gasteiger partial charge < -0.3 is 15.8 Å². The zero-order chi connectivity index (χ0) is 15.6. The molecule has 1 heterocycles. The fourth-order valence-electron chi connectivity index (χ4n) is 2.00. The van der Waals surface area contributed by atoms with E-state index in [1.165, 1.54) is 4.90 Å². The second-order valence-electron chi connectivity index (χ2n) is 5.60. The largest absolute Gasteiger partial charge is 0.482 e. The molecule has 1 atom stereocenters. The Balaban J connectivity index is 2.14. The van der Waals surface area contributed by atoms with Crippen molar-refractivity contribution in [1.29, 1.82) is 0 Å². The van der Waals surface area contributed by atoms with Gasteiger partial charge in [-0.1, -0.05) is 13.8 Å². The SMILES string of the molecule is CC(C)C(C)NC(=O)CN1C(=O)COc2ccc(N)cc21. The molecular formula is C15H21N3O3. The van der Waals surface area contributed by atoms with E-state index in [2.05, 4.69) is 5.32 Å². The Kier molecular flexibility index (Phi) is 4.35. The van der Waals surface area contributed by atoms with Gasteiger partial charge in [0, 0.05) is 11.7 Å². The maximum absolute atomic E-state index is 12.1. The van der Waals surface area contributed by atoms with Crippen molar-refractivity contribution in [2.45, 2.75) is 26.8 Å². The molecule has 114 valence electrons. The maximum atomic E-state index is 12.1. The van der Waals surface area contributed by atoms with E-state index in [-0.39, 0.29) is 31.0 Å². The number of hydrogen-bond acceptors (Lipinski definition) is 4. The van der Waals surface area contributed by atoms with Crippen LogP contribution in [0.15, 0.2) is 18.2 Å². The summed E-state index contributed by atoms with van der Waals surface area (Å²) in [6, 6.07) is 5.10. The van der Waals surface area contributed by atoms with Gasteiger partial charge in [-0.25, -0.2) is 0 Å². The average molecular weight is 291 g/mol. The fourth-order valence-corrected chi connectivity index (χ4v) is 2.00. The monoisotopic (exact) mass is 291 g/mol. The summed E-state index contributed by atoms with van der Waals surface area (Å²) in [6.07, 6.45) is 0. The van der Waals surface area contributed by atoms with Gasteiger partial charge in [-0.3, -0.25) is 14.5 Å². The van der Waals surface area contributed by atoms with Crippen LogP contribution >= 0.6 is 0 Å². The highest BCUT2D eigenvalue weighted by molar-refractivity contribution is 6.02. The van der Waals surface area contributed by atoms with Crippen molar-refractivity contribution in [3.8, 4) is 5.75 Å². The molecule has 0 aliphatic carbocycles. The average Bonchev–Trinajstić information content (AvgIpc) is 2.42. The molecule has 2 amide bonds. The summed E-state index contributed by atoms with van der Waals surface area (Å²) in [5, 5.41) is 2.89. The van der Waals surface area contributed by atoms with E-state index >= 15 is 0 Å². The molecule has 6 nitrogen and oxygen atoms in total. The summed E-state index contributed by atoms with van der Waals surface area (Å²) in [4.78, 5) is 25.5. The van der Waals surface area contributed by atoms with Gasteiger partial charge in [0.25, 0.3) is 5.91 Å². The Morgan fingerprint density at radius 3 is 2.81 bits per heavy atom. The zero-order valence-corrected chi connectivity index (χ0v) is 12.6. The van der Waals surface area contributed by atoms with Gasteiger partial charge in [-0.2, -0.15) is 0 Å². The van der Waals surface area contributed by atoms with E-state index in [1.807, 2.05) is 20.8 Å². The summed E-state index contributed by atoms with van der Waals surface area (Å²) in [6.45, 7) is 5.90. The number of fused-ring (bicyclic) bond motifs is 1. The number of nitrogen functional groups attached to an aromatic ring is 1. The minimum absolute atomic E-state index is 0.0320. The van der Waals surface area contributed by atoms with Gasteiger partial charge in [0.1, 0.15) is 12.3 Å². The number of carbonyl (C=O) groups is 2. The first-order chi connectivity index (χ1) is 9.88. The number of nitrogens with two attached hydrogens (primary N) is 1. The third kappa shape index (κ3) is 3.45. The van der Waals surface area contributed by atoms with E-state index < -0.39 is 0 Å². The van der Waals surface area contributed by atoms with E-state index in [0.29, 0.717) is 23.0 Å². The molecule has 1 aliphatic rings. The number of hydrogen-bond donors (Lipinski definition) is 2. The van der Waals surface area contributed by atoms with Gasteiger partial charge in [-0.15, -0.1) is 0 Å². The molecule has 3 N–H and O–H groups in total. The summed E-state index contributed by atoms with van der Waals surface area (Å²) in [5.41, 5.74) is 6.81. The van der Waals surface area contributed by atoms with Gasteiger partial charge in [-0.05, 0) is 31.0 Å². The lowest BCUT2D eigenvalue weighted by Crippen LogP contribution is -2.47. The number of anilines is 2. The van der Waals surface area contributed by atoms with E-state index in [1.54, 1.807) is 18.2 Å². The Morgan fingerprint density at radius 1 is 1.43 bits per heavy atom. The number of amides is 2. The fraction of sp³-hybridized carbons (Fsp3) is 0.467. The number of carbonyl (C=O) groups excluding carboxylic acids is 2. The molecule has 0 aromatic heterocycles. The first-order valence-electron chi connectivity index (χ1n) is 7.00. The van der Waals surface area contributed by atoms with E-state index in [4.69, 9.17) is 10.5 Å². The quantitative estimate of drug-likeness (QED) is 0.815. The lowest BCUT2D eigenvalue weighted by Gasteiger charge is -2.29. The van der Waals surface area contributed by atoms with Crippen molar-refractivity contribution in [3.05, 3.63) is 18.2 Å². The molecule has 1 unspecified atom stereocenters. The molecule has 0 saturated heterocycles. The van der Waals surface area contributed by atoms with Crippen LogP contribution in [0.2, 0.25) is 0 Å². The summed E-state index contributed by atoms with van der Waals surface area (Å²) < 4.78 is 5.34. The van der Waals surface area contributed by atoms with Crippen LogP contribution in [0.4, 0.5) is 11.4 Å².